The zero-order valence-corrected chi connectivity index (χ0v) is 12.1. The molecule has 0 radical (unpaired) electrons. The van der Waals surface area contributed by atoms with Gasteiger partial charge in [0, 0.05) is 19.3 Å². The van der Waals surface area contributed by atoms with Crippen LogP contribution in [0.1, 0.15) is 61.6 Å². The Balaban J connectivity index is 1.62. The molecule has 0 unspecified atom stereocenters. The lowest BCUT2D eigenvalue weighted by Crippen LogP contribution is -2.31. The third kappa shape index (κ3) is 2.40. The van der Waals surface area contributed by atoms with E-state index in [1.807, 2.05) is 17.8 Å². The van der Waals surface area contributed by atoms with Gasteiger partial charge in [-0.1, -0.05) is 13.8 Å². The summed E-state index contributed by atoms with van der Waals surface area (Å²) in [6.07, 6.45) is 5.29. The van der Waals surface area contributed by atoms with Gasteiger partial charge in [0.1, 0.15) is 5.69 Å². The number of nitrogens with zero attached hydrogens (tertiary/aromatic N) is 2. The first-order chi connectivity index (χ1) is 9.02. The normalized spacial score (nSPS) is 20.6. The molecule has 104 valence electrons. The molecule has 4 heteroatoms. The molecule has 2 aliphatic rings. The zero-order valence-electron chi connectivity index (χ0n) is 12.1. The fraction of sp³-hybridized carbons (Fsp3) is 0.733. The van der Waals surface area contributed by atoms with Crippen LogP contribution in [0.5, 0.6) is 0 Å². The second-order valence-electron chi connectivity index (χ2n) is 6.55. The largest absolute Gasteiger partial charge is 0.350 e. The highest BCUT2D eigenvalue weighted by Crippen LogP contribution is 2.60. The fourth-order valence-electron chi connectivity index (χ4n) is 3.07. The second kappa shape index (κ2) is 4.36. The number of hydrogen-bond acceptors (Lipinski definition) is 2. The van der Waals surface area contributed by atoms with Crippen molar-refractivity contribution in [2.24, 2.45) is 18.4 Å². The minimum Gasteiger partial charge on any atom is -0.350 e. The van der Waals surface area contributed by atoms with E-state index in [4.69, 9.17) is 0 Å². The molecule has 1 N–H and O–H groups in total. The quantitative estimate of drug-likeness (QED) is 0.885. The highest BCUT2D eigenvalue weighted by molar-refractivity contribution is 5.92. The first-order valence-corrected chi connectivity index (χ1v) is 7.34. The maximum absolute atomic E-state index is 12.2. The minimum absolute atomic E-state index is 0.0191. The van der Waals surface area contributed by atoms with Gasteiger partial charge in [-0.05, 0) is 49.0 Å². The Kier molecular flexibility index (Phi) is 2.91. The molecule has 1 heterocycles. The van der Waals surface area contributed by atoms with Gasteiger partial charge in [-0.2, -0.15) is 5.10 Å². The number of amides is 1. The van der Waals surface area contributed by atoms with Crippen LogP contribution in [0.3, 0.4) is 0 Å². The summed E-state index contributed by atoms with van der Waals surface area (Å²) < 4.78 is 1.81. The molecule has 0 aromatic carbocycles. The van der Waals surface area contributed by atoms with E-state index in [2.05, 4.69) is 24.3 Å². The van der Waals surface area contributed by atoms with Crippen molar-refractivity contribution in [3.05, 3.63) is 17.5 Å². The Hall–Kier alpha value is -1.32. The van der Waals surface area contributed by atoms with Crippen LogP contribution in [0.15, 0.2) is 6.07 Å². The van der Waals surface area contributed by atoms with Gasteiger partial charge in [0.2, 0.25) is 0 Å². The van der Waals surface area contributed by atoms with E-state index >= 15 is 0 Å². The summed E-state index contributed by atoms with van der Waals surface area (Å²) in [6, 6.07) is 1.91. The maximum Gasteiger partial charge on any atom is 0.271 e. The van der Waals surface area contributed by atoms with E-state index in [0.717, 1.165) is 18.2 Å². The van der Waals surface area contributed by atoms with Crippen LogP contribution in [-0.2, 0) is 7.05 Å². The van der Waals surface area contributed by atoms with Crippen LogP contribution in [-0.4, -0.2) is 22.2 Å². The monoisotopic (exact) mass is 261 g/mol. The number of hydrogen-bond donors (Lipinski definition) is 1. The summed E-state index contributed by atoms with van der Waals surface area (Å²) in [5.74, 6) is 1.25. The van der Waals surface area contributed by atoms with Gasteiger partial charge in [-0.3, -0.25) is 9.48 Å². The molecule has 1 aromatic rings. The van der Waals surface area contributed by atoms with Crippen LogP contribution in [0, 0.1) is 11.3 Å². The first-order valence-electron chi connectivity index (χ1n) is 7.34. The fourth-order valence-corrected chi connectivity index (χ4v) is 3.07. The van der Waals surface area contributed by atoms with Crippen molar-refractivity contribution in [3.8, 4) is 0 Å². The molecule has 0 atom stereocenters. The number of carbonyl (C=O) groups excluding carboxylic acids is 1. The van der Waals surface area contributed by atoms with Crippen LogP contribution in [0.25, 0.3) is 0 Å². The number of aromatic nitrogens is 2. The molecule has 1 amide bonds. The van der Waals surface area contributed by atoms with Crippen LogP contribution in [0.4, 0.5) is 0 Å². The highest BCUT2D eigenvalue weighted by atomic mass is 16.1. The molecule has 0 spiro atoms. The Labute approximate surface area is 114 Å². The molecule has 0 aliphatic heterocycles. The van der Waals surface area contributed by atoms with Gasteiger partial charge in [0.05, 0.1) is 0 Å². The summed E-state index contributed by atoms with van der Waals surface area (Å²) in [5.41, 5.74) is 2.11. The lowest BCUT2D eigenvalue weighted by Gasteiger charge is -2.14. The Morgan fingerprint density at radius 2 is 2.21 bits per heavy atom. The van der Waals surface area contributed by atoms with E-state index in [-0.39, 0.29) is 5.91 Å². The highest BCUT2D eigenvalue weighted by Gasteiger charge is 2.53. The SMILES string of the molecule is CC(C)c1cc(C(=O)NCC2(C3CC3)CC2)nn1C. The molecule has 2 aliphatic carbocycles. The average Bonchev–Trinajstić information content (AvgIpc) is 3.23. The van der Waals surface area contributed by atoms with E-state index in [0.29, 0.717) is 17.0 Å². The number of rotatable bonds is 5. The van der Waals surface area contributed by atoms with Crippen molar-refractivity contribution in [2.75, 3.05) is 6.54 Å². The molecular weight excluding hydrogens is 238 g/mol. The standard InChI is InChI=1S/C15H23N3O/c1-10(2)13-8-12(17-18(13)3)14(19)16-9-15(6-7-15)11-4-5-11/h8,10-11H,4-7,9H2,1-3H3,(H,16,19). The Bertz CT molecular complexity index is 495. The van der Waals surface area contributed by atoms with Crippen molar-refractivity contribution < 1.29 is 4.79 Å². The van der Waals surface area contributed by atoms with Gasteiger partial charge in [0.15, 0.2) is 0 Å². The van der Waals surface area contributed by atoms with Crippen molar-refractivity contribution in [1.29, 1.82) is 0 Å². The zero-order chi connectivity index (χ0) is 13.6. The third-order valence-electron chi connectivity index (χ3n) is 4.68. The van der Waals surface area contributed by atoms with Crippen molar-refractivity contribution >= 4 is 5.91 Å². The lowest BCUT2D eigenvalue weighted by atomic mass is 10.0. The van der Waals surface area contributed by atoms with Crippen LogP contribution < -0.4 is 5.32 Å². The summed E-state index contributed by atoms with van der Waals surface area (Å²) in [7, 11) is 1.90. The second-order valence-corrected chi connectivity index (χ2v) is 6.55. The summed E-state index contributed by atoms with van der Waals surface area (Å²) in [5, 5.41) is 7.41. The molecule has 0 bridgehead atoms. The minimum atomic E-state index is -0.0191. The number of nitrogens with one attached hydrogen (secondary N) is 1. The van der Waals surface area contributed by atoms with Gasteiger partial charge >= 0.3 is 0 Å². The summed E-state index contributed by atoms with van der Waals surface area (Å²) in [4.78, 5) is 12.2. The topological polar surface area (TPSA) is 46.9 Å². The van der Waals surface area contributed by atoms with Gasteiger partial charge in [0.25, 0.3) is 5.91 Å². The number of carbonyl (C=O) groups is 1. The predicted molar refractivity (Wildman–Crippen MR) is 74.0 cm³/mol. The maximum atomic E-state index is 12.2. The first kappa shape index (κ1) is 12.7. The van der Waals surface area contributed by atoms with E-state index in [1.54, 1.807) is 0 Å². The Morgan fingerprint density at radius 1 is 1.53 bits per heavy atom. The molecular formula is C15H23N3O. The molecule has 3 rings (SSSR count). The van der Waals surface area contributed by atoms with Gasteiger partial charge in [-0.25, -0.2) is 0 Å². The van der Waals surface area contributed by atoms with Crippen molar-refractivity contribution in [3.63, 3.8) is 0 Å². The van der Waals surface area contributed by atoms with E-state index in [9.17, 15) is 4.79 Å². The average molecular weight is 261 g/mol. The van der Waals surface area contributed by atoms with Gasteiger partial charge < -0.3 is 5.32 Å². The predicted octanol–water partition coefficient (Wildman–Crippen LogP) is 2.46. The van der Waals surface area contributed by atoms with Crippen molar-refractivity contribution in [2.45, 2.75) is 45.4 Å². The molecule has 4 nitrogen and oxygen atoms in total. The van der Waals surface area contributed by atoms with Crippen molar-refractivity contribution in [1.82, 2.24) is 15.1 Å². The Morgan fingerprint density at radius 3 is 2.68 bits per heavy atom. The van der Waals surface area contributed by atoms with Gasteiger partial charge in [-0.15, -0.1) is 0 Å². The van der Waals surface area contributed by atoms with Crippen LogP contribution >= 0.6 is 0 Å². The van der Waals surface area contributed by atoms with E-state index < -0.39 is 0 Å². The molecule has 0 saturated heterocycles. The number of aryl methyl sites for hydroxylation is 1. The smallest absolute Gasteiger partial charge is 0.271 e. The molecule has 2 fully saturated rings. The lowest BCUT2D eigenvalue weighted by molar-refractivity contribution is 0.0937. The third-order valence-corrected chi connectivity index (χ3v) is 4.68. The summed E-state index contributed by atoms with van der Waals surface area (Å²) in [6.45, 7) is 5.07. The molecule has 2 saturated carbocycles. The van der Waals surface area contributed by atoms with E-state index in [1.165, 1.54) is 25.7 Å². The molecule has 1 aromatic heterocycles. The van der Waals surface area contributed by atoms with Crippen LogP contribution in [0.2, 0.25) is 0 Å². The summed E-state index contributed by atoms with van der Waals surface area (Å²) >= 11 is 0. The molecule has 19 heavy (non-hydrogen) atoms.